The molecule has 0 radical (unpaired) electrons. The van der Waals surface area contributed by atoms with Crippen LogP contribution in [0.5, 0.6) is 0 Å². The first-order chi connectivity index (χ1) is 13.8. The summed E-state index contributed by atoms with van der Waals surface area (Å²) in [7, 11) is 0. The largest absolute Gasteiger partial charge is 0.456 e. The van der Waals surface area contributed by atoms with Crippen LogP contribution in [0.2, 0.25) is 0 Å². The van der Waals surface area contributed by atoms with E-state index in [1.165, 1.54) is 4.98 Å². The van der Waals surface area contributed by atoms with E-state index in [-0.39, 0.29) is 6.20 Å². The van der Waals surface area contributed by atoms with Crippen molar-refractivity contribution in [3.8, 4) is 0 Å². The van der Waals surface area contributed by atoms with Crippen molar-refractivity contribution >= 4 is 17.9 Å². The quantitative estimate of drug-likeness (QED) is 0.503. The molecular formula is C16H17F3N2O9. The molecule has 2 heterocycles. The molecule has 1 aromatic rings. The average Bonchev–Trinajstić information content (AvgIpc) is 2.56. The number of carbonyl (C=O) groups is 3. The SMILES string of the molecule is CC(=O)O[C@H]1[C@H](OC(C)=O)[C@@H](n2cc(C(F)(F)F)c(=O)[nH]c2=O)OC[C@H]1OC(C)=O. The monoisotopic (exact) mass is 438 g/mol. The molecular weight excluding hydrogens is 421 g/mol. The second-order valence-electron chi connectivity index (χ2n) is 6.23. The maximum Gasteiger partial charge on any atom is 0.423 e. The molecule has 1 aliphatic rings. The van der Waals surface area contributed by atoms with E-state index in [1.807, 2.05) is 0 Å². The fourth-order valence-electron chi connectivity index (χ4n) is 2.84. The molecule has 1 saturated heterocycles. The van der Waals surface area contributed by atoms with Gasteiger partial charge in [0.25, 0.3) is 5.56 Å². The molecule has 0 saturated carbocycles. The molecule has 1 aromatic heterocycles. The van der Waals surface area contributed by atoms with Gasteiger partial charge in [-0.1, -0.05) is 0 Å². The Balaban J connectivity index is 2.59. The highest BCUT2D eigenvalue weighted by molar-refractivity contribution is 5.68. The van der Waals surface area contributed by atoms with E-state index in [2.05, 4.69) is 0 Å². The minimum Gasteiger partial charge on any atom is -0.456 e. The third kappa shape index (κ3) is 5.25. The number of carbonyl (C=O) groups excluding carboxylic acids is 3. The first-order valence-electron chi connectivity index (χ1n) is 8.37. The minimum atomic E-state index is -5.11. The Morgan fingerprint density at radius 3 is 2.07 bits per heavy atom. The molecule has 0 aromatic carbocycles. The van der Waals surface area contributed by atoms with Crippen molar-refractivity contribution in [3.05, 3.63) is 32.6 Å². The smallest absolute Gasteiger partial charge is 0.423 e. The highest BCUT2D eigenvalue weighted by Gasteiger charge is 2.48. The molecule has 11 nitrogen and oxygen atoms in total. The summed E-state index contributed by atoms with van der Waals surface area (Å²) in [5.41, 5.74) is -4.70. The fraction of sp³-hybridized carbons (Fsp3) is 0.562. The lowest BCUT2D eigenvalue weighted by Crippen LogP contribution is -2.57. The topological polar surface area (TPSA) is 143 Å². The molecule has 166 valence electrons. The van der Waals surface area contributed by atoms with Crippen molar-refractivity contribution in [2.75, 3.05) is 6.61 Å². The van der Waals surface area contributed by atoms with Crippen molar-refractivity contribution in [2.45, 2.75) is 51.5 Å². The van der Waals surface area contributed by atoms with Crippen LogP contribution in [0.3, 0.4) is 0 Å². The van der Waals surface area contributed by atoms with E-state index in [0.29, 0.717) is 4.57 Å². The van der Waals surface area contributed by atoms with E-state index in [4.69, 9.17) is 18.9 Å². The third-order valence-electron chi connectivity index (χ3n) is 3.87. The highest BCUT2D eigenvalue weighted by Crippen LogP contribution is 2.31. The van der Waals surface area contributed by atoms with Crippen LogP contribution in [0.15, 0.2) is 15.8 Å². The van der Waals surface area contributed by atoms with Gasteiger partial charge >= 0.3 is 29.8 Å². The Kier molecular flexibility index (Phi) is 6.70. The molecule has 0 aliphatic carbocycles. The maximum atomic E-state index is 13.1. The summed E-state index contributed by atoms with van der Waals surface area (Å²) in [5.74, 6) is -2.65. The van der Waals surface area contributed by atoms with Gasteiger partial charge in [0, 0.05) is 27.0 Å². The summed E-state index contributed by atoms with van der Waals surface area (Å²) in [6.07, 6.45) is -11.1. The van der Waals surface area contributed by atoms with Gasteiger partial charge in [-0.25, -0.2) is 4.79 Å². The summed E-state index contributed by atoms with van der Waals surface area (Å²) in [6.45, 7) is 2.47. The zero-order chi connectivity index (χ0) is 22.8. The Morgan fingerprint density at radius 1 is 1.03 bits per heavy atom. The number of halogens is 3. The fourth-order valence-corrected chi connectivity index (χ4v) is 2.84. The number of ether oxygens (including phenoxy) is 4. The highest BCUT2D eigenvalue weighted by atomic mass is 19.4. The van der Waals surface area contributed by atoms with Crippen LogP contribution in [0.4, 0.5) is 13.2 Å². The van der Waals surface area contributed by atoms with E-state index < -0.39 is 72.0 Å². The van der Waals surface area contributed by atoms with E-state index in [9.17, 15) is 37.1 Å². The molecule has 2 rings (SSSR count). The number of aromatic amines is 1. The first-order valence-corrected chi connectivity index (χ1v) is 8.37. The number of alkyl halides is 3. The number of nitrogens with one attached hydrogen (secondary N) is 1. The second kappa shape index (κ2) is 8.69. The van der Waals surface area contributed by atoms with Crippen molar-refractivity contribution in [1.82, 2.24) is 9.55 Å². The van der Waals surface area contributed by atoms with Crippen molar-refractivity contribution in [3.63, 3.8) is 0 Å². The van der Waals surface area contributed by atoms with Crippen LogP contribution in [0.1, 0.15) is 32.6 Å². The van der Waals surface area contributed by atoms with Gasteiger partial charge in [-0.05, 0) is 0 Å². The Labute approximate surface area is 165 Å². The maximum absolute atomic E-state index is 13.1. The van der Waals surface area contributed by atoms with Crippen molar-refractivity contribution < 1.29 is 46.5 Å². The summed E-state index contributed by atoms with van der Waals surface area (Å²) < 4.78 is 60.0. The van der Waals surface area contributed by atoms with E-state index in [1.54, 1.807) is 0 Å². The van der Waals surface area contributed by atoms with Gasteiger partial charge in [0.05, 0.1) is 6.61 Å². The van der Waals surface area contributed by atoms with Crippen LogP contribution >= 0.6 is 0 Å². The van der Waals surface area contributed by atoms with Crippen molar-refractivity contribution in [2.24, 2.45) is 0 Å². The number of hydrogen-bond acceptors (Lipinski definition) is 9. The molecule has 1 aliphatic heterocycles. The number of esters is 3. The zero-order valence-electron chi connectivity index (χ0n) is 15.8. The predicted octanol–water partition coefficient (Wildman–Crippen LogP) is -0.121. The standard InChI is InChI=1S/C16H17F3N2O9/c1-6(22)28-10-5-27-14(12(30-8(3)24)11(10)29-7(2)23)21-4-9(16(17,18)19)13(25)20-15(21)26/h4,10-12,14H,5H2,1-3H3,(H,20,25,26)/t10-,11-,12+,14+/m1/s1. The minimum absolute atomic E-state index is 0.194. The van der Waals surface area contributed by atoms with Crippen LogP contribution < -0.4 is 11.2 Å². The summed E-state index contributed by atoms with van der Waals surface area (Å²) in [5, 5.41) is 0. The summed E-state index contributed by atoms with van der Waals surface area (Å²) in [4.78, 5) is 59.6. The third-order valence-corrected chi connectivity index (χ3v) is 3.87. The van der Waals surface area contributed by atoms with Gasteiger partial charge in [-0.15, -0.1) is 0 Å². The molecule has 14 heteroatoms. The number of aromatic nitrogens is 2. The van der Waals surface area contributed by atoms with E-state index in [0.717, 1.165) is 20.8 Å². The van der Waals surface area contributed by atoms with Gasteiger partial charge in [-0.3, -0.25) is 28.7 Å². The van der Waals surface area contributed by atoms with Crippen LogP contribution in [0.25, 0.3) is 0 Å². The average molecular weight is 438 g/mol. The number of H-pyrrole nitrogens is 1. The zero-order valence-corrected chi connectivity index (χ0v) is 15.8. The summed E-state index contributed by atoms with van der Waals surface area (Å²) in [6, 6.07) is 0. The molecule has 1 N–H and O–H groups in total. The van der Waals surface area contributed by atoms with E-state index >= 15 is 0 Å². The molecule has 0 unspecified atom stereocenters. The molecule has 4 atom stereocenters. The molecule has 0 spiro atoms. The molecule has 0 bridgehead atoms. The van der Waals surface area contributed by atoms with Crippen LogP contribution in [0, 0.1) is 0 Å². The van der Waals surface area contributed by atoms with Gasteiger partial charge in [-0.2, -0.15) is 13.2 Å². The first kappa shape index (κ1) is 23.1. The van der Waals surface area contributed by atoms with Gasteiger partial charge in [0.1, 0.15) is 5.56 Å². The van der Waals surface area contributed by atoms with Gasteiger partial charge in [0.2, 0.25) is 0 Å². The van der Waals surface area contributed by atoms with Gasteiger partial charge < -0.3 is 18.9 Å². The molecule has 30 heavy (non-hydrogen) atoms. The Morgan fingerprint density at radius 2 is 1.57 bits per heavy atom. The predicted molar refractivity (Wildman–Crippen MR) is 88.0 cm³/mol. The lowest BCUT2D eigenvalue weighted by Gasteiger charge is -2.40. The van der Waals surface area contributed by atoms with Crippen molar-refractivity contribution in [1.29, 1.82) is 0 Å². The normalized spacial score (nSPS) is 24.1. The van der Waals surface area contributed by atoms with Gasteiger partial charge in [0.15, 0.2) is 24.5 Å². The number of hydrogen-bond donors (Lipinski definition) is 1. The molecule has 1 fully saturated rings. The Hall–Kier alpha value is -3.16. The number of nitrogens with zero attached hydrogens (tertiary/aromatic N) is 1. The van der Waals surface area contributed by atoms with Crippen LogP contribution in [-0.4, -0.2) is 52.4 Å². The number of rotatable bonds is 4. The molecule has 0 amide bonds. The second-order valence-corrected chi connectivity index (χ2v) is 6.23. The lowest BCUT2D eigenvalue weighted by atomic mass is 10.0. The van der Waals surface area contributed by atoms with Crippen LogP contribution in [-0.2, 0) is 39.5 Å². The summed E-state index contributed by atoms with van der Waals surface area (Å²) >= 11 is 0. The lowest BCUT2D eigenvalue weighted by molar-refractivity contribution is -0.240. The Bertz CT molecular complexity index is 953.